The van der Waals surface area contributed by atoms with E-state index in [-0.39, 0.29) is 11.6 Å². The van der Waals surface area contributed by atoms with Gasteiger partial charge in [-0.25, -0.2) is 0 Å². The maximum atomic E-state index is 4.15. The molecule has 2 nitrogen and oxygen atoms in total. The number of rotatable bonds is 0. The first-order valence-electron chi connectivity index (χ1n) is 0.236. The summed E-state index contributed by atoms with van der Waals surface area (Å²) in [7, 11) is 4.15. The first-order valence-corrected chi connectivity index (χ1v) is 3.67. The van der Waals surface area contributed by atoms with Gasteiger partial charge in [0.1, 0.15) is 0 Å². The molecule has 27 valence electrons. The molecule has 5 N–H and O–H groups in total. The van der Waals surface area contributed by atoms with E-state index < -0.39 is 0 Å². The zero-order valence-electron chi connectivity index (χ0n) is 2.19. The van der Waals surface area contributed by atoms with Gasteiger partial charge in [-0.3, -0.25) is 0 Å². The van der Waals surface area contributed by atoms with Crippen LogP contribution >= 0.6 is 10.5 Å². The topological polar surface area (TPSA) is 66.5 Å². The third-order valence-corrected chi connectivity index (χ3v) is 0. The van der Waals surface area contributed by atoms with Crippen molar-refractivity contribution in [2.75, 3.05) is 0 Å². The van der Waals surface area contributed by atoms with Crippen molar-refractivity contribution in [3.8, 4) is 0 Å². The van der Waals surface area contributed by atoms with Crippen LogP contribution in [0.4, 0.5) is 0 Å². The Labute approximate surface area is 37.5 Å². The molecule has 0 heterocycles. The summed E-state index contributed by atoms with van der Waals surface area (Å²) in [5.74, 6) is 0. The Morgan fingerprint density at radius 1 is 1.25 bits per heavy atom. The van der Waals surface area contributed by atoms with Crippen LogP contribution < -0.4 is 6.15 Å². The Morgan fingerprint density at radius 2 is 1.25 bits per heavy atom. The summed E-state index contributed by atoms with van der Waals surface area (Å²) < 4.78 is 0. The van der Waals surface area contributed by atoms with Gasteiger partial charge in [-0.05, 0) is 0 Å². The fourth-order valence-corrected chi connectivity index (χ4v) is 0. The summed E-state index contributed by atoms with van der Waals surface area (Å²) in [4.78, 5) is 0. The molecule has 0 aliphatic heterocycles. The molecule has 4 heavy (non-hydrogen) atoms. The average Bonchev–Trinajstić information content (AvgIpc) is 1.00. The second-order valence-corrected chi connectivity index (χ2v) is 0. The molecule has 0 aromatic carbocycles. The van der Waals surface area contributed by atoms with Crippen LogP contribution in [0.3, 0.4) is 0 Å². The molecule has 0 unspecified atom stereocenters. The molecule has 0 saturated heterocycles. The van der Waals surface area contributed by atoms with Crippen LogP contribution in [0.1, 0.15) is 0 Å². The second kappa shape index (κ2) is 56.8. The van der Waals surface area contributed by atoms with Crippen molar-refractivity contribution in [2.45, 2.75) is 0 Å². The van der Waals surface area contributed by atoms with E-state index in [0.717, 1.165) is 0 Å². The molecule has 0 bridgehead atoms. The molecule has 0 aliphatic rings. The van der Waals surface area contributed by atoms with Gasteiger partial charge in [0.05, 0.1) is 0 Å². The van der Waals surface area contributed by atoms with Gasteiger partial charge in [-0.15, -0.1) is 0 Å². The fraction of sp³-hybridized carbons (Fsp3) is 0. The van der Waals surface area contributed by atoms with Crippen LogP contribution in [0.25, 0.3) is 0 Å². The Bertz CT molecular complexity index is 8.00. The summed E-state index contributed by atoms with van der Waals surface area (Å²) in [5.41, 5.74) is 0. The summed E-state index contributed by atoms with van der Waals surface area (Å²) in [6.07, 6.45) is 0. The van der Waals surface area contributed by atoms with E-state index in [2.05, 4.69) is 10.5 Å². The van der Waals surface area contributed by atoms with Crippen LogP contribution in [0.15, 0.2) is 0 Å². The van der Waals surface area contributed by atoms with E-state index >= 15 is 0 Å². The molecule has 0 aliphatic carbocycles. The van der Waals surface area contributed by atoms with Gasteiger partial charge in [0.15, 0.2) is 0 Å². The van der Waals surface area contributed by atoms with Crippen molar-refractivity contribution in [3.63, 3.8) is 0 Å². The van der Waals surface area contributed by atoms with E-state index in [1.54, 1.807) is 0 Å². The molecular formula is H6GeNOS. The number of hydrogen-bond acceptors (Lipinski definition) is 2. The zero-order valence-corrected chi connectivity index (χ0v) is 5.43. The SMILES string of the molecule is N.O.[S]=[GeH]. The van der Waals surface area contributed by atoms with Crippen LogP contribution in [-0.2, 0) is 0 Å². The molecular weight excluding hydrogens is 135 g/mol. The van der Waals surface area contributed by atoms with E-state index in [4.69, 9.17) is 0 Å². The Kier molecular flexibility index (Phi) is 319. The van der Waals surface area contributed by atoms with Crippen LogP contribution in [-0.4, -0.2) is 20.3 Å². The third-order valence-electron chi connectivity index (χ3n) is 0. The van der Waals surface area contributed by atoms with Crippen LogP contribution in [0, 0.1) is 0 Å². The Morgan fingerprint density at radius 3 is 1.25 bits per heavy atom. The Hall–Kier alpha value is 0.683. The molecule has 1 radical (unpaired) electrons. The minimum absolute atomic E-state index is 0. The quantitative estimate of drug-likeness (QED) is 0.454. The molecule has 0 amide bonds. The Balaban J connectivity index is -0.00000000500. The van der Waals surface area contributed by atoms with Gasteiger partial charge in [-0.2, -0.15) is 0 Å². The van der Waals surface area contributed by atoms with Gasteiger partial charge >= 0.3 is 25.3 Å². The first-order chi connectivity index (χ1) is 1.00. The molecule has 0 rings (SSSR count). The first kappa shape index (κ1) is 22.4. The van der Waals surface area contributed by atoms with Crippen molar-refractivity contribution < 1.29 is 5.48 Å². The molecule has 0 spiro atoms. The number of hydrogen-bond donors (Lipinski definition) is 1. The van der Waals surface area contributed by atoms with Gasteiger partial charge in [-0.1, -0.05) is 0 Å². The van der Waals surface area contributed by atoms with Gasteiger partial charge < -0.3 is 11.6 Å². The predicted molar refractivity (Wildman–Crippen MR) is 23.4 cm³/mol. The molecule has 0 aromatic rings. The van der Waals surface area contributed by atoms with E-state index in [9.17, 15) is 0 Å². The normalized spacial score (nSPS) is 1.00. The standard InChI is InChI=1S/GeHS.H3N.H2O/c1-2;;/h1H;1H3;1H2. The zero-order chi connectivity index (χ0) is 2.00. The average molecular weight is 141 g/mol. The van der Waals surface area contributed by atoms with Crippen molar-refractivity contribution in [1.29, 1.82) is 0 Å². The van der Waals surface area contributed by atoms with Crippen molar-refractivity contribution in [2.24, 2.45) is 0 Å². The van der Waals surface area contributed by atoms with E-state index in [1.807, 2.05) is 0 Å². The van der Waals surface area contributed by atoms with Crippen LogP contribution in [0.2, 0.25) is 0 Å². The summed E-state index contributed by atoms with van der Waals surface area (Å²) >= 11 is 1.27. The van der Waals surface area contributed by atoms with E-state index in [0.29, 0.717) is 0 Å². The minimum atomic E-state index is 0. The molecule has 0 fully saturated rings. The molecule has 4 heteroatoms. The van der Waals surface area contributed by atoms with Crippen LogP contribution in [0.5, 0.6) is 0 Å². The van der Waals surface area contributed by atoms with E-state index in [1.165, 1.54) is 14.9 Å². The fourth-order valence-electron chi connectivity index (χ4n) is 0. The van der Waals surface area contributed by atoms with Gasteiger partial charge in [0.25, 0.3) is 0 Å². The van der Waals surface area contributed by atoms with Gasteiger partial charge in [0.2, 0.25) is 0 Å². The second-order valence-electron chi connectivity index (χ2n) is 0. The molecule has 0 saturated carbocycles. The maximum absolute atomic E-state index is 4.15. The van der Waals surface area contributed by atoms with Crippen molar-refractivity contribution >= 4 is 25.3 Å². The van der Waals surface area contributed by atoms with Gasteiger partial charge in [0, 0.05) is 0 Å². The summed E-state index contributed by atoms with van der Waals surface area (Å²) in [6.45, 7) is 0. The monoisotopic (exact) mass is 142 g/mol. The predicted octanol–water partition coefficient (Wildman–Crippen LogP) is -0.663. The molecule has 0 aromatic heterocycles. The third kappa shape index (κ3) is 16.3. The summed E-state index contributed by atoms with van der Waals surface area (Å²) in [6, 6.07) is 0. The van der Waals surface area contributed by atoms with Crippen molar-refractivity contribution in [3.05, 3.63) is 0 Å². The molecule has 0 atom stereocenters. The summed E-state index contributed by atoms with van der Waals surface area (Å²) in [5, 5.41) is 0. The van der Waals surface area contributed by atoms with Crippen molar-refractivity contribution in [1.82, 2.24) is 6.15 Å².